The number of benzene rings is 1. The van der Waals surface area contributed by atoms with Crippen molar-refractivity contribution in [2.75, 3.05) is 11.2 Å². The molecule has 2 aromatic rings. The van der Waals surface area contributed by atoms with Gasteiger partial charge in [0.05, 0.1) is 12.0 Å². The molecule has 1 N–H and O–H groups in total. The van der Waals surface area contributed by atoms with Gasteiger partial charge in [0.15, 0.2) is 0 Å². The van der Waals surface area contributed by atoms with Crippen LogP contribution in [0.5, 0.6) is 0 Å². The summed E-state index contributed by atoms with van der Waals surface area (Å²) in [6, 6.07) is 9.63. The van der Waals surface area contributed by atoms with Gasteiger partial charge in [-0.1, -0.05) is 12.1 Å². The lowest BCUT2D eigenvalue weighted by Crippen LogP contribution is -2.32. The molecule has 1 aromatic heterocycles. The monoisotopic (exact) mass is 291 g/mol. The largest absolute Gasteiger partial charge is 0.326 e. The van der Waals surface area contributed by atoms with Crippen LogP contribution in [0.2, 0.25) is 0 Å². The van der Waals surface area contributed by atoms with Crippen LogP contribution in [-0.4, -0.2) is 21.6 Å². The van der Waals surface area contributed by atoms with Crippen LogP contribution in [0.4, 0.5) is 5.69 Å². The number of hydrogen-bond acceptors (Lipinski definition) is 2. The van der Waals surface area contributed by atoms with E-state index in [1.54, 1.807) is 6.20 Å². The molecular formula is C15H18ClN3O. The molecule has 0 aliphatic heterocycles. The molecule has 1 aromatic carbocycles. The quantitative estimate of drug-likeness (QED) is 0.860. The zero-order valence-corrected chi connectivity index (χ0v) is 12.4. The summed E-state index contributed by atoms with van der Waals surface area (Å²) in [4.78, 5) is 12.0. The first-order valence-corrected chi connectivity index (χ1v) is 6.98. The number of hydrogen-bond donors (Lipinski definition) is 1. The van der Waals surface area contributed by atoms with Gasteiger partial charge in [0.25, 0.3) is 0 Å². The van der Waals surface area contributed by atoms with Crippen molar-refractivity contribution in [1.82, 2.24) is 9.78 Å². The summed E-state index contributed by atoms with van der Waals surface area (Å²) in [6.45, 7) is 4.36. The smallest absolute Gasteiger partial charge is 0.231 e. The summed E-state index contributed by atoms with van der Waals surface area (Å²) in [5.74, 6) is 0.211. The van der Waals surface area contributed by atoms with Crippen molar-refractivity contribution in [2.45, 2.75) is 20.4 Å². The van der Waals surface area contributed by atoms with E-state index in [0.717, 1.165) is 11.3 Å². The lowest BCUT2D eigenvalue weighted by Gasteiger charge is -2.20. The molecule has 0 atom stereocenters. The van der Waals surface area contributed by atoms with Gasteiger partial charge >= 0.3 is 0 Å². The minimum absolute atomic E-state index is 0.0765. The number of amides is 1. The van der Waals surface area contributed by atoms with Crippen LogP contribution in [0.3, 0.4) is 0 Å². The first-order valence-electron chi connectivity index (χ1n) is 6.45. The fraction of sp³-hybridized carbons (Fsp3) is 0.333. The van der Waals surface area contributed by atoms with Gasteiger partial charge in [0, 0.05) is 24.0 Å². The van der Waals surface area contributed by atoms with Crippen LogP contribution in [-0.2, 0) is 11.3 Å². The Morgan fingerprint density at radius 2 is 2.05 bits per heavy atom. The van der Waals surface area contributed by atoms with Gasteiger partial charge < -0.3 is 5.32 Å². The van der Waals surface area contributed by atoms with E-state index in [2.05, 4.69) is 10.4 Å². The maximum atomic E-state index is 12.0. The molecule has 1 heterocycles. The molecule has 0 aliphatic carbocycles. The molecule has 0 bridgehead atoms. The van der Waals surface area contributed by atoms with Crippen LogP contribution < -0.4 is 5.32 Å². The molecule has 0 fully saturated rings. The van der Waals surface area contributed by atoms with Gasteiger partial charge in [-0.25, -0.2) is 0 Å². The van der Waals surface area contributed by atoms with E-state index in [-0.39, 0.29) is 11.8 Å². The van der Waals surface area contributed by atoms with Gasteiger partial charge in [-0.2, -0.15) is 5.10 Å². The average molecular weight is 292 g/mol. The Balaban J connectivity index is 2.00. The van der Waals surface area contributed by atoms with Crippen molar-refractivity contribution >= 4 is 23.2 Å². The molecule has 1 amide bonds. The van der Waals surface area contributed by atoms with Crippen molar-refractivity contribution < 1.29 is 4.79 Å². The SMILES string of the molecule is CC(C)(CCl)C(=O)Nc1ccc(Cn2cccn2)cc1. The second-order valence-electron chi connectivity index (χ2n) is 5.37. The lowest BCUT2D eigenvalue weighted by atomic mass is 9.95. The lowest BCUT2D eigenvalue weighted by molar-refractivity contribution is -0.122. The Morgan fingerprint density at radius 3 is 2.60 bits per heavy atom. The maximum absolute atomic E-state index is 12.0. The van der Waals surface area contributed by atoms with E-state index in [0.29, 0.717) is 6.54 Å². The molecule has 0 aliphatic rings. The second-order valence-corrected chi connectivity index (χ2v) is 5.64. The Morgan fingerprint density at radius 1 is 1.35 bits per heavy atom. The molecule has 4 nitrogen and oxygen atoms in total. The van der Waals surface area contributed by atoms with Gasteiger partial charge in [-0.15, -0.1) is 11.6 Å². The number of nitrogens with zero attached hydrogens (tertiary/aromatic N) is 2. The van der Waals surface area contributed by atoms with Crippen molar-refractivity contribution in [3.8, 4) is 0 Å². The first-order chi connectivity index (χ1) is 9.51. The summed E-state index contributed by atoms with van der Waals surface area (Å²) in [5, 5.41) is 7.03. The third-order valence-corrected chi connectivity index (χ3v) is 3.73. The molecule has 0 unspecified atom stereocenters. The predicted octanol–water partition coefficient (Wildman–Crippen LogP) is 3.13. The van der Waals surface area contributed by atoms with Crippen LogP contribution >= 0.6 is 11.6 Å². The summed E-state index contributed by atoms with van der Waals surface area (Å²) >= 11 is 5.79. The zero-order chi connectivity index (χ0) is 14.6. The molecule has 5 heteroatoms. The minimum atomic E-state index is -0.574. The highest BCUT2D eigenvalue weighted by Gasteiger charge is 2.26. The Bertz CT molecular complexity index is 561. The maximum Gasteiger partial charge on any atom is 0.231 e. The fourth-order valence-corrected chi connectivity index (χ4v) is 1.76. The number of nitrogens with one attached hydrogen (secondary N) is 1. The predicted molar refractivity (Wildman–Crippen MR) is 80.9 cm³/mol. The second kappa shape index (κ2) is 6.09. The number of alkyl halides is 1. The molecule has 0 spiro atoms. The van der Waals surface area contributed by atoms with Gasteiger partial charge in [0.2, 0.25) is 5.91 Å². The van der Waals surface area contributed by atoms with Crippen molar-refractivity contribution in [3.63, 3.8) is 0 Å². The highest BCUT2D eigenvalue weighted by molar-refractivity contribution is 6.20. The Labute approximate surface area is 123 Å². The number of anilines is 1. The first kappa shape index (κ1) is 14.6. The minimum Gasteiger partial charge on any atom is -0.326 e. The summed E-state index contributed by atoms with van der Waals surface area (Å²) in [7, 11) is 0. The Kier molecular flexibility index (Phi) is 4.45. The van der Waals surface area contributed by atoms with Crippen molar-refractivity contribution in [3.05, 3.63) is 48.3 Å². The topological polar surface area (TPSA) is 46.9 Å². The van der Waals surface area contributed by atoms with E-state index >= 15 is 0 Å². The number of carbonyl (C=O) groups excluding carboxylic acids is 1. The summed E-state index contributed by atoms with van der Waals surface area (Å²) in [6.07, 6.45) is 3.67. The summed E-state index contributed by atoms with van der Waals surface area (Å²) in [5.41, 5.74) is 1.33. The molecular weight excluding hydrogens is 274 g/mol. The van der Waals surface area contributed by atoms with Crippen molar-refractivity contribution in [2.24, 2.45) is 5.41 Å². The normalized spacial score (nSPS) is 11.3. The fourth-order valence-electron chi connectivity index (χ4n) is 1.64. The van der Waals surface area contributed by atoms with Gasteiger partial charge in [0.1, 0.15) is 0 Å². The van der Waals surface area contributed by atoms with E-state index in [9.17, 15) is 4.79 Å². The molecule has 20 heavy (non-hydrogen) atoms. The van der Waals surface area contributed by atoms with Crippen molar-refractivity contribution in [1.29, 1.82) is 0 Å². The molecule has 2 rings (SSSR count). The molecule has 106 valence electrons. The number of rotatable bonds is 5. The highest BCUT2D eigenvalue weighted by Crippen LogP contribution is 2.20. The van der Waals surface area contributed by atoms with E-state index in [1.807, 2.05) is 55.1 Å². The van der Waals surface area contributed by atoms with Gasteiger partial charge in [-0.3, -0.25) is 9.48 Å². The average Bonchev–Trinajstić information content (AvgIpc) is 2.94. The molecule has 0 saturated heterocycles. The zero-order valence-electron chi connectivity index (χ0n) is 11.6. The number of aromatic nitrogens is 2. The van der Waals surface area contributed by atoms with Gasteiger partial charge in [-0.05, 0) is 37.6 Å². The van der Waals surface area contributed by atoms with E-state index < -0.39 is 5.41 Å². The van der Waals surface area contributed by atoms with E-state index in [1.165, 1.54) is 0 Å². The van der Waals surface area contributed by atoms with Crippen LogP contribution in [0, 0.1) is 5.41 Å². The van der Waals surface area contributed by atoms with Crippen LogP contribution in [0.1, 0.15) is 19.4 Å². The standard InChI is InChI=1S/C15H18ClN3O/c1-15(2,11-16)14(20)18-13-6-4-12(5-7-13)10-19-9-3-8-17-19/h3-9H,10-11H2,1-2H3,(H,18,20). The molecule has 0 saturated carbocycles. The third kappa shape index (κ3) is 3.61. The van der Waals surface area contributed by atoms with Crippen LogP contribution in [0.15, 0.2) is 42.7 Å². The van der Waals surface area contributed by atoms with E-state index in [4.69, 9.17) is 11.6 Å². The number of halogens is 1. The number of carbonyl (C=O) groups is 1. The Hall–Kier alpha value is -1.81. The third-order valence-electron chi connectivity index (χ3n) is 3.06. The van der Waals surface area contributed by atoms with Crippen LogP contribution in [0.25, 0.3) is 0 Å². The summed E-state index contributed by atoms with van der Waals surface area (Å²) < 4.78 is 1.85. The highest BCUT2D eigenvalue weighted by atomic mass is 35.5. The molecule has 0 radical (unpaired) electrons.